The predicted molar refractivity (Wildman–Crippen MR) is 96.2 cm³/mol. The van der Waals surface area contributed by atoms with E-state index in [4.69, 9.17) is 9.26 Å². The van der Waals surface area contributed by atoms with Gasteiger partial charge in [-0.1, -0.05) is 12.1 Å². The standard InChI is InChI=1S/C19H26N4O3/c1-12-4-3-7-23-15(11-20-18(12)23)10-16(24)21-19-13(2)17(22-26-19)14-5-8-25-9-6-14/h11-12,14H,3-10H2,1-2H3,(H,21,24). The molecule has 1 fully saturated rings. The van der Waals surface area contributed by atoms with Crippen molar-refractivity contribution in [2.75, 3.05) is 18.5 Å². The van der Waals surface area contributed by atoms with Crippen LogP contribution in [0.4, 0.5) is 5.88 Å². The molecule has 4 rings (SSSR count). The number of nitrogens with zero attached hydrogens (tertiary/aromatic N) is 3. The Labute approximate surface area is 153 Å². The first-order valence-corrected chi connectivity index (χ1v) is 9.51. The SMILES string of the molecule is Cc1c(C2CCOCC2)noc1NC(=O)Cc1cnc2n1CCCC2C. The smallest absolute Gasteiger partial charge is 0.234 e. The zero-order chi connectivity index (χ0) is 18.1. The second-order valence-corrected chi connectivity index (χ2v) is 7.44. The second-order valence-electron chi connectivity index (χ2n) is 7.44. The number of imidazole rings is 1. The van der Waals surface area contributed by atoms with Gasteiger partial charge in [-0.15, -0.1) is 0 Å². The van der Waals surface area contributed by atoms with Crippen molar-refractivity contribution in [2.45, 2.75) is 64.3 Å². The van der Waals surface area contributed by atoms with Crippen LogP contribution < -0.4 is 5.32 Å². The number of carbonyl (C=O) groups is 1. The van der Waals surface area contributed by atoms with E-state index in [0.717, 1.165) is 68.2 Å². The van der Waals surface area contributed by atoms with Crippen molar-refractivity contribution < 1.29 is 14.1 Å². The van der Waals surface area contributed by atoms with Gasteiger partial charge in [-0.05, 0) is 32.6 Å². The maximum absolute atomic E-state index is 12.5. The number of carbonyl (C=O) groups excluding carboxylic acids is 1. The number of ether oxygens (including phenoxy) is 1. The quantitative estimate of drug-likeness (QED) is 0.908. The Hall–Kier alpha value is -2.15. The topological polar surface area (TPSA) is 82.2 Å². The molecular formula is C19H26N4O3. The normalized spacial score (nSPS) is 20.8. The number of rotatable bonds is 4. The summed E-state index contributed by atoms with van der Waals surface area (Å²) in [4.78, 5) is 17.0. The van der Waals surface area contributed by atoms with Gasteiger partial charge in [0.1, 0.15) is 5.82 Å². The highest BCUT2D eigenvalue weighted by molar-refractivity contribution is 5.91. The van der Waals surface area contributed by atoms with Gasteiger partial charge in [0, 0.05) is 49.0 Å². The molecule has 0 aromatic carbocycles. The molecule has 26 heavy (non-hydrogen) atoms. The van der Waals surface area contributed by atoms with Crippen molar-refractivity contribution in [1.82, 2.24) is 14.7 Å². The molecule has 1 unspecified atom stereocenters. The summed E-state index contributed by atoms with van der Waals surface area (Å²) in [6, 6.07) is 0. The highest BCUT2D eigenvalue weighted by atomic mass is 16.5. The Kier molecular flexibility index (Phi) is 4.80. The average Bonchev–Trinajstić information content (AvgIpc) is 3.21. The minimum atomic E-state index is -0.0938. The van der Waals surface area contributed by atoms with Gasteiger partial charge in [-0.25, -0.2) is 4.98 Å². The largest absolute Gasteiger partial charge is 0.381 e. The average molecular weight is 358 g/mol. The third-order valence-corrected chi connectivity index (χ3v) is 5.59. The Morgan fingerprint density at radius 1 is 1.35 bits per heavy atom. The maximum Gasteiger partial charge on any atom is 0.234 e. The first-order valence-electron chi connectivity index (χ1n) is 9.51. The fourth-order valence-electron chi connectivity index (χ4n) is 4.06. The molecule has 2 aromatic heterocycles. The molecule has 2 aliphatic heterocycles. The highest BCUT2D eigenvalue weighted by Crippen LogP contribution is 2.32. The van der Waals surface area contributed by atoms with E-state index < -0.39 is 0 Å². The van der Waals surface area contributed by atoms with Gasteiger partial charge in [0.05, 0.1) is 12.1 Å². The van der Waals surface area contributed by atoms with Crippen LogP contribution in [0.15, 0.2) is 10.7 Å². The molecule has 0 bridgehead atoms. The lowest BCUT2D eigenvalue weighted by Gasteiger charge is -2.21. The Bertz CT molecular complexity index is 789. The van der Waals surface area contributed by atoms with Crippen molar-refractivity contribution in [2.24, 2.45) is 0 Å². The minimum Gasteiger partial charge on any atom is -0.381 e. The molecule has 0 aliphatic carbocycles. The summed E-state index contributed by atoms with van der Waals surface area (Å²) in [5.41, 5.74) is 2.83. The van der Waals surface area contributed by atoms with E-state index in [-0.39, 0.29) is 5.91 Å². The molecule has 2 aliphatic rings. The zero-order valence-corrected chi connectivity index (χ0v) is 15.5. The maximum atomic E-state index is 12.5. The van der Waals surface area contributed by atoms with Crippen molar-refractivity contribution in [3.63, 3.8) is 0 Å². The Morgan fingerprint density at radius 3 is 2.96 bits per heavy atom. The molecule has 0 saturated carbocycles. The van der Waals surface area contributed by atoms with Gasteiger partial charge < -0.3 is 13.8 Å². The summed E-state index contributed by atoms with van der Waals surface area (Å²) >= 11 is 0. The van der Waals surface area contributed by atoms with Gasteiger partial charge >= 0.3 is 0 Å². The van der Waals surface area contributed by atoms with Crippen molar-refractivity contribution in [1.29, 1.82) is 0 Å². The van der Waals surface area contributed by atoms with Crippen LogP contribution in [0.3, 0.4) is 0 Å². The number of hydrogen-bond acceptors (Lipinski definition) is 5. The minimum absolute atomic E-state index is 0.0938. The highest BCUT2D eigenvalue weighted by Gasteiger charge is 2.25. The van der Waals surface area contributed by atoms with Crippen LogP contribution >= 0.6 is 0 Å². The third kappa shape index (κ3) is 3.28. The summed E-state index contributed by atoms with van der Waals surface area (Å²) in [5, 5.41) is 7.09. The van der Waals surface area contributed by atoms with E-state index in [2.05, 4.69) is 26.9 Å². The van der Waals surface area contributed by atoms with Gasteiger partial charge in [0.25, 0.3) is 0 Å². The molecule has 1 atom stereocenters. The van der Waals surface area contributed by atoms with E-state index in [0.29, 0.717) is 24.1 Å². The van der Waals surface area contributed by atoms with Crippen molar-refractivity contribution in [3.8, 4) is 0 Å². The van der Waals surface area contributed by atoms with Gasteiger partial charge in [-0.3, -0.25) is 10.1 Å². The molecule has 0 radical (unpaired) electrons. The van der Waals surface area contributed by atoms with E-state index >= 15 is 0 Å². The number of fused-ring (bicyclic) bond motifs is 1. The number of nitrogens with one attached hydrogen (secondary N) is 1. The third-order valence-electron chi connectivity index (χ3n) is 5.59. The summed E-state index contributed by atoms with van der Waals surface area (Å²) in [5.74, 6) is 2.27. The summed E-state index contributed by atoms with van der Waals surface area (Å²) in [7, 11) is 0. The number of amides is 1. The summed E-state index contributed by atoms with van der Waals surface area (Å²) in [6.07, 6.45) is 6.31. The molecule has 2 aromatic rings. The number of hydrogen-bond donors (Lipinski definition) is 1. The first kappa shape index (κ1) is 17.3. The van der Waals surface area contributed by atoms with E-state index in [1.165, 1.54) is 0 Å². The van der Waals surface area contributed by atoms with E-state index in [1.807, 2.05) is 13.1 Å². The Balaban J connectivity index is 1.43. The van der Waals surface area contributed by atoms with Crippen LogP contribution in [0.25, 0.3) is 0 Å². The lowest BCUT2D eigenvalue weighted by atomic mass is 9.94. The molecule has 0 spiro atoms. The van der Waals surface area contributed by atoms with Crippen LogP contribution in [0, 0.1) is 6.92 Å². The molecule has 7 heteroatoms. The molecule has 1 amide bonds. The summed E-state index contributed by atoms with van der Waals surface area (Å²) in [6.45, 7) is 6.60. The van der Waals surface area contributed by atoms with Crippen LogP contribution in [-0.2, 0) is 22.5 Å². The molecule has 1 N–H and O–H groups in total. The number of anilines is 1. The monoisotopic (exact) mass is 358 g/mol. The lowest BCUT2D eigenvalue weighted by molar-refractivity contribution is -0.115. The fourth-order valence-corrected chi connectivity index (χ4v) is 4.06. The lowest BCUT2D eigenvalue weighted by Crippen LogP contribution is -2.20. The van der Waals surface area contributed by atoms with Crippen LogP contribution in [0.2, 0.25) is 0 Å². The second kappa shape index (κ2) is 7.23. The Morgan fingerprint density at radius 2 is 2.15 bits per heavy atom. The summed E-state index contributed by atoms with van der Waals surface area (Å²) < 4.78 is 13.0. The van der Waals surface area contributed by atoms with Crippen molar-refractivity contribution in [3.05, 3.63) is 29.0 Å². The molecule has 140 valence electrons. The number of aromatic nitrogens is 3. The van der Waals surface area contributed by atoms with Crippen LogP contribution in [-0.4, -0.2) is 33.8 Å². The predicted octanol–water partition coefficient (Wildman–Crippen LogP) is 3.15. The van der Waals surface area contributed by atoms with Gasteiger partial charge in [0.2, 0.25) is 11.8 Å². The molecule has 7 nitrogen and oxygen atoms in total. The van der Waals surface area contributed by atoms with Gasteiger partial charge in [0.15, 0.2) is 0 Å². The first-order chi connectivity index (χ1) is 12.6. The van der Waals surface area contributed by atoms with E-state index in [9.17, 15) is 4.79 Å². The molecule has 4 heterocycles. The van der Waals surface area contributed by atoms with E-state index in [1.54, 1.807) is 0 Å². The van der Waals surface area contributed by atoms with Gasteiger partial charge in [-0.2, -0.15) is 0 Å². The van der Waals surface area contributed by atoms with Crippen molar-refractivity contribution >= 4 is 11.8 Å². The van der Waals surface area contributed by atoms with Crippen LogP contribution in [0.5, 0.6) is 0 Å². The molecular weight excluding hydrogens is 332 g/mol. The van der Waals surface area contributed by atoms with Crippen LogP contribution in [0.1, 0.15) is 67.2 Å². The molecule has 1 saturated heterocycles. The fraction of sp³-hybridized carbons (Fsp3) is 0.632. The zero-order valence-electron chi connectivity index (χ0n) is 15.5.